The van der Waals surface area contributed by atoms with Gasteiger partial charge in [0, 0.05) is 39.7 Å². The molecule has 7 rings (SSSR count). The summed E-state index contributed by atoms with van der Waals surface area (Å²) in [5.41, 5.74) is 8.29. The van der Waals surface area contributed by atoms with Gasteiger partial charge in [-0.1, -0.05) is 109 Å². The van der Waals surface area contributed by atoms with Crippen molar-refractivity contribution in [1.29, 1.82) is 0 Å². The third-order valence-corrected chi connectivity index (χ3v) is 8.53. The molecule has 0 spiro atoms. The van der Waals surface area contributed by atoms with Crippen LogP contribution in [0.2, 0.25) is 0 Å². The Balaban J connectivity index is 1.19. The Kier molecular flexibility index (Phi) is 8.08. The highest BCUT2D eigenvalue weighted by molar-refractivity contribution is 8.19. The van der Waals surface area contributed by atoms with Gasteiger partial charge in [-0.05, 0) is 84.4 Å². The molecule has 0 aliphatic carbocycles. The highest BCUT2D eigenvalue weighted by atomic mass is 32.2. The number of thioether (sulfide) groups is 1. The van der Waals surface area contributed by atoms with Crippen LogP contribution in [0.5, 0.6) is 0 Å². The van der Waals surface area contributed by atoms with Gasteiger partial charge in [-0.25, -0.2) is 4.99 Å². The molecule has 5 heteroatoms. The lowest BCUT2D eigenvalue weighted by atomic mass is 10.1. The van der Waals surface area contributed by atoms with Crippen molar-refractivity contribution in [2.45, 2.75) is 0 Å². The maximum atomic E-state index is 12.7. The van der Waals surface area contributed by atoms with Crippen molar-refractivity contribution in [3.8, 4) is 0 Å². The van der Waals surface area contributed by atoms with Gasteiger partial charge in [0.2, 0.25) is 0 Å². The summed E-state index contributed by atoms with van der Waals surface area (Å²) in [6.45, 7) is 0. The quantitative estimate of drug-likeness (QED) is 0.163. The van der Waals surface area contributed by atoms with Crippen LogP contribution in [0.1, 0.15) is 11.1 Å². The van der Waals surface area contributed by atoms with Crippen LogP contribution in [-0.2, 0) is 4.79 Å². The van der Waals surface area contributed by atoms with Crippen molar-refractivity contribution >= 4 is 62.9 Å². The van der Waals surface area contributed by atoms with E-state index in [-0.39, 0.29) is 5.91 Å². The number of benzene rings is 6. The molecule has 1 amide bonds. The molecular formula is C40H29N3OS. The molecule has 1 aliphatic heterocycles. The zero-order chi connectivity index (χ0) is 30.4. The van der Waals surface area contributed by atoms with E-state index in [2.05, 4.69) is 124 Å². The topological polar surface area (TPSA) is 35.9 Å². The van der Waals surface area contributed by atoms with Gasteiger partial charge in [0.1, 0.15) is 5.04 Å². The van der Waals surface area contributed by atoms with E-state index in [1.807, 2.05) is 66.7 Å². The second-order valence-corrected chi connectivity index (χ2v) is 11.5. The van der Waals surface area contributed by atoms with Crippen molar-refractivity contribution in [2.75, 3.05) is 9.80 Å². The number of carbonyl (C=O) groups is 1. The van der Waals surface area contributed by atoms with Gasteiger partial charge in [0.05, 0.1) is 4.91 Å². The predicted octanol–water partition coefficient (Wildman–Crippen LogP) is 10.7. The van der Waals surface area contributed by atoms with Crippen molar-refractivity contribution < 1.29 is 4.79 Å². The fraction of sp³-hybridized carbons (Fsp3) is 0. The van der Waals surface area contributed by atoms with Gasteiger partial charge < -0.3 is 9.80 Å². The maximum Gasteiger partial charge on any atom is 0.284 e. The van der Waals surface area contributed by atoms with E-state index < -0.39 is 0 Å². The summed E-state index contributed by atoms with van der Waals surface area (Å²) >= 11 is 1.42. The minimum atomic E-state index is -0.200. The molecule has 0 unspecified atom stereocenters. The van der Waals surface area contributed by atoms with E-state index in [0.717, 1.165) is 50.3 Å². The maximum absolute atomic E-state index is 12.7. The normalized spacial score (nSPS) is 13.5. The molecule has 216 valence electrons. The summed E-state index contributed by atoms with van der Waals surface area (Å²) < 4.78 is 0. The molecule has 0 N–H and O–H groups in total. The van der Waals surface area contributed by atoms with Crippen LogP contribution < -0.4 is 9.80 Å². The summed E-state index contributed by atoms with van der Waals surface area (Å²) in [4.78, 5) is 22.1. The second kappa shape index (κ2) is 12.9. The molecule has 6 aromatic rings. The number of amides is 1. The summed E-state index contributed by atoms with van der Waals surface area (Å²) in [6, 6.07) is 57.9. The largest absolute Gasteiger partial charge is 0.311 e. The van der Waals surface area contributed by atoms with Crippen LogP contribution in [0.4, 0.5) is 34.1 Å². The van der Waals surface area contributed by atoms with Gasteiger partial charge in [-0.2, -0.15) is 0 Å². The number of aliphatic imine (C=N–C) groups is 1. The van der Waals surface area contributed by atoms with Crippen LogP contribution >= 0.6 is 11.8 Å². The van der Waals surface area contributed by atoms with Gasteiger partial charge >= 0.3 is 0 Å². The first kappa shape index (κ1) is 28.1. The first-order valence-electron chi connectivity index (χ1n) is 14.8. The van der Waals surface area contributed by atoms with E-state index >= 15 is 0 Å². The summed E-state index contributed by atoms with van der Waals surface area (Å²) in [6.07, 6.45) is 1.92. The molecule has 0 saturated carbocycles. The highest BCUT2D eigenvalue weighted by Gasteiger charge is 2.23. The van der Waals surface area contributed by atoms with E-state index in [4.69, 9.17) is 0 Å². The average molecular weight is 600 g/mol. The van der Waals surface area contributed by atoms with Crippen LogP contribution in [0.15, 0.2) is 180 Å². The van der Waals surface area contributed by atoms with E-state index in [0.29, 0.717) is 4.91 Å². The van der Waals surface area contributed by atoms with Crippen molar-refractivity contribution in [1.82, 2.24) is 0 Å². The van der Waals surface area contributed by atoms with E-state index in [9.17, 15) is 4.79 Å². The number of hydrogen-bond donors (Lipinski definition) is 0. The number of carbonyl (C=O) groups excluding carboxylic acids is 1. The highest BCUT2D eigenvalue weighted by Crippen LogP contribution is 2.39. The number of rotatable bonds is 8. The number of hydrogen-bond acceptors (Lipinski definition) is 4. The first-order chi connectivity index (χ1) is 22.2. The fourth-order valence-electron chi connectivity index (χ4n) is 5.36. The molecule has 0 atom stereocenters. The molecule has 1 aliphatic rings. The zero-order valence-electron chi connectivity index (χ0n) is 24.4. The molecule has 0 aromatic heterocycles. The lowest BCUT2D eigenvalue weighted by Crippen LogP contribution is -2.12. The molecule has 6 aromatic carbocycles. The average Bonchev–Trinajstić information content (AvgIpc) is 3.48. The third-order valence-electron chi connectivity index (χ3n) is 7.50. The SMILES string of the molecule is O=C1N=C(c2ccccc2)S/C1=C\c1ccc(N(c2ccccc2)c2ccc(N(c3ccccc3)c3ccccc3)cc2)cc1. The first-order valence-corrected chi connectivity index (χ1v) is 15.6. The molecular weight excluding hydrogens is 571 g/mol. The Morgan fingerprint density at radius 3 is 1.22 bits per heavy atom. The number of para-hydroxylation sites is 3. The van der Waals surface area contributed by atoms with Gasteiger partial charge in [0.15, 0.2) is 0 Å². The van der Waals surface area contributed by atoms with Crippen molar-refractivity contribution in [2.24, 2.45) is 4.99 Å². The second-order valence-electron chi connectivity index (χ2n) is 10.5. The zero-order valence-corrected chi connectivity index (χ0v) is 25.2. The molecule has 1 heterocycles. The van der Waals surface area contributed by atoms with Crippen LogP contribution in [0.3, 0.4) is 0 Å². The summed E-state index contributed by atoms with van der Waals surface area (Å²) in [5.74, 6) is -0.200. The standard InChI is InChI=1S/C40H29N3OS/c44-39-38(45-40(41-39)31-13-5-1-6-14-31)29-30-21-23-35(24-22-30)43(34-19-11-4-12-20-34)37-27-25-36(26-28-37)42(32-15-7-2-8-16-32)33-17-9-3-10-18-33/h1-29H/b38-29-. The van der Waals surface area contributed by atoms with Crippen LogP contribution in [0, 0.1) is 0 Å². The minimum absolute atomic E-state index is 0.200. The Morgan fingerprint density at radius 1 is 0.444 bits per heavy atom. The van der Waals surface area contributed by atoms with E-state index in [1.165, 1.54) is 11.8 Å². The molecule has 0 radical (unpaired) electrons. The van der Waals surface area contributed by atoms with Gasteiger partial charge in [-0.3, -0.25) is 4.79 Å². The van der Waals surface area contributed by atoms with Crippen molar-refractivity contribution in [3.63, 3.8) is 0 Å². The smallest absolute Gasteiger partial charge is 0.284 e. The minimum Gasteiger partial charge on any atom is -0.311 e. The summed E-state index contributed by atoms with van der Waals surface area (Å²) in [5, 5.41) is 0.736. The lowest BCUT2D eigenvalue weighted by Gasteiger charge is -2.28. The Hall–Kier alpha value is -5.65. The molecule has 0 saturated heterocycles. The Morgan fingerprint density at radius 2 is 0.800 bits per heavy atom. The third kappa shape index (κ3) is 6.21. The lowest BCUT2D eigenvalue weighted by molar-refractivity contribution is -0.113. The number of anilines is 6. The van der Waals surface area contributed by atoms with Gasteiger partial charge in [0.25, 0.3) is 5.91 Å². The predicted molar refractivity (Wildman–Crippen MR) is 189 cm³/mol. The van der Waals surface area contributed by atoms with Crippen LogP contribution in [0.25, 0.3) is 6.08 Å². The molecule has 0 bridgehead atoms. The van der Waals surface area contributed by atoms with E-state index in [1.54, 1.807) is 0 Å². The Labute approximate surface area is 267 Å². The number of nitrogens with zero attached hydrogens (tertiary/aromatic N) is 3. The summed E-state index contributed by atoms with van der Waals surface area (Å²) in [7, 11) is 0. The fourth-order valence-corrected chi connectivity index (χ4v) is 6.28. The van der Waals surface area contributed by atoms with Gasteiger partial charge in [-0.15, -0.1) is 0 Å². The molecule has 0 fully saturated rings. The molecule has 4 nitrogen and oxygen atoms in total. The molecule has 45 heavy (non-hydrogen) atoms. The van der Waals surface area contributed by atoms with Crippen LogP contribution in [-0.4, -0.2) is 11.0 Å². The van der Waals surface area contributed by atoms with Crippen molar-refractivity contribution in [3.05, 3.63) is 186 Å². The Bertz CT molecular complexity index is 1920. The monoisotopic (exact) mass is 599 g/mol.